The lowest BCUT2D eigenvalue weighted by atomic mass is 10.6. The predicted octanol–water partition coefficient (Wildman–Crippen LogP) is 1.13. The van der Waals surface area contributed by atoms with E-state index in [9.17, 15) is 0 Å². The second kappa shape index (κ2) is 3.69. The molecule has 0 aliphatic heterocycles. The Bertz CT molecular complexity index is 365. The Hall–Kier alpha value is -1.17. The summed E-state index contributed by atoms with van der Waals surface area (Å²) in [7, 11) is 0. The van der Waals surface area contributed by atoms with Crippen molar-refractivity contribution in [1.82, 2.24) is 24.4 Å². The summed E-state index contributed by atoms with van der Waals surface area (Å²) in [4.78, 5) is 7.86. The second-order valence-corrected chi connectivity index (χ2v) is 3.51. The van der Waals surface area contributed by atoms with Gasteiger partial charge in [-0.25, -0.2) is 9.97 Å². The van der Waals surface area contributed by atoms with E-state index in [4.69, 9.17) is 0 Å². The summed E-state index contributed by atoms with van der Waals surface area (Å²) in [5, 5.41) is 8.36. The van der Waals surface area contributed by atoms with Gasteiger partial charge in [0.2, 0.25) is 5.65 Å². The third kappa shape index (κ3) is 1.77. The van der Waals surface area contributed by atoms with E-state index in [0.717, 1.165) is 17.7 Å². The number of hydrogen-bond acceptors (Lipinski definition) is 5. The highest BCUT2D eigenvalue weighted by atomic mass is 32.2. The molecule has 0 amide bonds. The first-order valence-electron chi connectivity index (χ1n) is 4.06. The molecule has 0 spiro atoms. The fraction of sp³-hybridized carbons (Fsp3) is 0.429. The van der Waals surface area contributed by atoms with Gasteiger partial charge in [-0.2, -0.15) is 0 Å². The molecule has 0 bridgehead atoms. The first-order chi connectivity index (χ1) is 6.40. The molecule has 0 fully saturated rings. The van der Waals surface area contributed by atoms with Crippen LogP contribution in [0.1, 0.15) is 13.3 Å². The minimum atomic E-state index is 0.651. The molecule has 0 saturated carbocycles. The highest BCUT2D eigenvalue weighted by Crippen LogP contribution is 2.08. The van der Waals surface area contributed by atoms with E-state index in [0.29, 0.717) is 5.65 Å². The van der Waals surface area contributed by atoms with Crippen LogP contribution in [0.4, 0.5) is 0 Å². The first-order valence-corrected chi connectivity index (χ1v) is 5.00. The molecule has 2 rings (SSSR count). The van der Waals surface area contributed by atoms with Gasteiger partial charge in [0, 0.05) is 5.75 Å². The zero-order valence-corrected chi connectivity index (χ0v) is 8.03. The largest absolute Gasteiger partial charge is 0.242 e. The molecule has 0 saturated heterocycles. The summed E-state index contributed by atoms with van der Waals surface area (Å²) in [5.74, 6) is 1.01. The van der Waals surface area contributed by atoms with Crippen molar-refractivity contribution in [3.8, 4) is 0 Å². The number of hydrogen-bond donors (Lipinski definition) is 0. The Morgan fingerprint density at radius 3 is 3.15 bits per heavy atom. The number of fused-ring (bicyclic) bond motifs is 1. The van der Waals surface area contributed by atoms with Gasteiger partial charge < -0.3 is 0 Å². The molecule has 68 valence electrons. The number of nitrogens with zero attached hydrogens (tertiary/aromatic N) is 5. The molecule has 0 unspecified atom stereocenters. The quantitative estimate of drug-likeness (QED) is 0.734. The fourth-order valence-corrected chi connectivity index (χ4v) is 1.52. The Kier molecular flexibility index (Phi) is 2.40. The lowest BCUT2D eigenvalue weighted by molar-refractivity contribution is 0.872. The van der Waals surface area contributed by atoms with Crippen molar-refractivity contribution in [2.45, 2.75) is 13.3 Å². The van der Waals surface area contributed by atoms with Crippen molar-refractivity contribution in [1.29, 1.82) is 0 Å². The third-order valence-electron chi connectivity index (χ3n) is 1.46. The topological polar surface area (TPSA) is 56.5 Å². The molecule has 5 nitrogen and oxygen atoms in total. The van der Waals surface area contributed by atoms with Crippen LogP contribution in [-0.2, 0) is 0 Å². The normalized spacial score (nSPS) is 10.8. The lowest BCUT2D eigenvalue weighted by Crippen LogP contribution is -1.92. The molecule has 0 aromatic carbocycles. The van der Waals surface area contributed by atoms with Crippen LogP contribution in [0, 0.1) is 0 Å². The lowest BCUT2D eigenvalue weighted by Gasteiger charge is -1.92. The van der Waals surface area contributed by atoms with E-state index in [1.807, 2.05) is 0 Å². The Morgan fingerprint density at radius 1 is 1.46 bits per heavy atom. The van der Waals surface area contributed by atoms with E-state index < -0.39 is 0 Å². The van der Waals surface area contributed by atoms with Crippen LogP contribution in [0.25, 0.3) is 11.2 Å². The molecule has 0 atom stereocenters. The maximum atomic E-state index is 4.19. The van der Waals surface area contributed by atoms with Crippen LogP contribution in [0.15, 0.2) is 12.5 Å². The number of rotatable bonds is 3. The molecule has 0 radical (unpaired) electrons. The van der Waals surface area contributed by atoms with E-state index in [1.165, 1.54) is 6.33 Å². The minimum absolute atomic E-state index is 0.651. The zero-order chi connectivity index (χ0) is 9.10. The zero-order valence-electron chi connectivity index (χ0n) is 7.21. The summed E-state index contributed by atoms with van der Waals surface area (Å²) >= 11 is 1.57. The van der Waals surface area contributed by atoms with Gasteiger partial charge in [-0.05, 0) is 18.4 Å². The van der Waals surface area contributed by atoms with Gasteiger partial charge in [0.05, 0.1) is 6.20 Å². The van der Waals surface area contributed by atoms with Crippen molar-refractivity contribution < 1.29 is 0 Å². The Balaban J connectivity index is 2.28. The van der Waals surface area contributed by atoms with Crippen LogP contribution in [0.3, 0.4) is 0 Å². The van der Waals surface area contributed by atoms with Gasteiger partial charge in [0.25, 0.3) is 0 Å². The second-order valence-electron chi connectivity index (χ2n) is 2.52. The maximum Gasteiger partial charge on any atom is 0.206 e. The highest BCUT2D eigenvalue weighted by molar-refractivity contribution is 7.97. The van der Waals surface area contributed by atoms with E-state index >= 15 is 0 Å². The SMILES string of the molecule is CCCSn1nc2cncnc2n1. The first kappa shape index (κ1) is 8.43. The van der Waals surface area contributed by atoms with Gasteiger partial charge in [0.1, 0.15) is 6.33 Å². The smallest absolute Gasteiger partial charge is 0.206 e. The third-order valence-corrected chi connectivity index (χ3v) is 2.44. The maximum absolute atomic E-state index is 4.19. The van der Waals surface area contributed by atoms with Crippen LogP contribution < -0.4 is 0 Å². The molecule has 2 aromatic rings. The Labute approximate surface area is 79.7 Å². The molecule has 0 aliphatic rings. The summed E-state index contributed by atoms with van der Waals surface area (Å²) < 4.78 is 1.60. The predicted molar refractivity (Wildman–Crippen MR) is 51.3 cm³/mol. The van der Waals surface area contributed by atoms with Crippen LogP contribution in [0.5, 0.6) is 0 Å². The average Bonchev–Trinajstić information content (AvgIpc) is 2.57. The van der Waals surface area contributed by atoms with Crippen LogP contribution in [-0.4, -0.2) is 30.1 Å². The van der Waals surface area contributed by atoms with Crippen molar-refractivity contribution in [2.75, 3.05) is 5.75 Å². The summed E-state index contributed by atoms with van der Waals surface area (Å²) in [6, 6.07) is 0. The molecular formula is C7H9N5S. The Morgan fingerprint density at radius 2 is 2.38 bits per heavy atom. The van der Waals surface area contributed by atoms with Gasteiger partial charge >= 0.3 is 0 Å². The van der Waals surface area contributed by atoms with Crippen molar-refractivity contribution >= 4 is 23.1 Å². The van der Waals surface area contributed by atoms with E-state index in [1.54, 1.807) is 22.3 Å². The standard InChI is InChI=1S/C7H9N5S/c1-2-3-13-12-10-6-4-8-5-9-7(6)11-12/h4-5H,2-3H2,1H3. The van der Waals surface area contributed by atoms with Crippen molar-refractivity contribution in [3.05, 3.63) is 12.5 Å². The molecule has 6 heteroatoms. The minimum Gasteiger partial charge on any atom is -0.242 e. The fourth-order valence-electron chi connectivity index (χ4n) is 0.890. The van der Waals surface area contributed by atoms with Gasteiger partial charge in [0.15, 0.2) is 5.52 Å². The molecular weight excluding hydrogens is 186 g/mol. The van der Waals surface area contributed by atoms with Crippen LogP contribution >= 0.6 is 11.9 Å². The highest BCUT2D eigenvalue weighted by Gasteiger charge is 2.02. The summed E-state index contributed by atoms with van der Waals surface area (Å²) in [6.07, 6.45) is 4.25. The molecule has 0 N–H and O–H groups in total. The van der Waals surface area contributed by atoms with E-state index in [-0.39, 0.29) is 0 Å². The van der Waals surface area contributed by atoms with Gasteiger partial charge in [-0.1, -0.05) is 6.92 Å². The average molecular weight is 195 g/mol. The van der Waals surface area contributed by atoms with E-state index in [2.05, 4.69) is 27.1 Å². The molecule has 2 heterocycles. The van der Waals surface area contributed by atoms with Gasteiger partial charge in [-0.15, -0.1) is 14.4 Å². The van der Waals surface area contributed by atoms with Gasteiger partial charge in [-0.3, -0.25) is 0 Å². The van der Waals surface area contributed by atoms with Crippen molar-refractivity contribution in [3.63, 3.8) is 0 Å². The van der Waals surface area contributed by atoms with Crippen LogP contribution in [0.2, 0.25) is 0 Å². The summed E-state index contributed by atoms with van der Waals surface area (Å²) in [5.41, 5.74) is 1.39. The monoisotopic (exact) mass is 195 g/mol. The molecule has 0 aliphatic carbocycles. The van der Waals surface area contributed by atoms with Crippen molar-refractivity contribution in [2.24, 2.45) is 0 Å². The number of aromatic nitrogens is 5. The molecule has 13 heavy (non-hydrogen) atoms. The molecule has 2 aromatic heterocycles. The summed E-state index contributed by atoms with van der Waals surface area (Å²) in [6.45, 7) is 2.12.